The fourth-order valence-corrected chi connectivity index (χ4v) is 7.31. The summed E-state index contributed by atoms with van der Waals surface area (Å²) in [5, 5.41) is 50.5. The van der Waals surface area contributed by atoms with Gasteiger partial charge in [0.1, 0.15) is 48.2 Å². The molecule has 250 valence electrons. The fraction of sp³-hybridized carbons (Fsp3) is 0.700. The van der Waals surface area contributed by atoms with Gasteiger partial charge in [0.05, 0.1) is 19.5 Å². The number of carbonyl (C=O) groups excluding carboxylic acids is 1. The first-order chi connectivity index (χ1) is 20.5. The number of nitrogens with two attached hydrogens (primary N) is 1. The molecule has 0 amide bonds. The molecule has 24 heteroatoms. The number of alkyl halides is 1. The number of hydrogen-bond acceptors (Lipinski definition) is 17. The average Bonchev–Trinajstić information content (AvgIpc) is 3.49. The number of phosphoric acid groups is 1. The Morgan fingerprint density at radius 3 is 2.48 bits per heavy atom. The van der Waals surface area contributed by atoms with E-state index in [1.165, 1.54) is 17.9 Å². The molecule has 2 fully saturated rings. The number of carbonyl (C=O) groups is 1. The molecular weight excluding hydrogens is 663 g/mol. The molecule has 3 rings (SSSR count). The van der Waals surface area contributed by atoms with Crippen molar-refractivity contribution in [3.63, 3.8) is 0 Å². The van der Waals surface area contributed by atoms with E-state index in [9.17, 15) is 44.0 Å². The first kappa shape index (κ1) is 36.6. The molecule has 3 heterocycles. The van der Waals surface area contributed by atoms with E-state index < -0.39 is 95.1 Å². The van der Waals surface area contributed by atoms with Crippen molar-refractivity contribution in [1.82, 2.24) is 9.55 Å². The normalized spacial score (nSPS) is 34.6. The predicted molar refractivity (Wildman–Crippen MR) is 147 cm³/mol. The fourth-order valence-electron chi connectivity index (χ4n) is 4.22. The molecule has 0 spiro atoms. The van der Waals surface area contributed by atoms with Crippen molar-refractivity contribution in [2.45, 2.75) is 68.3 Å². The van der Waals surface area contributed by atoms with Crippen LogP contribution >= 0.6 is 14.5 Å². The number of amidine groups is 1. The molecule has 44 heavy (non-hydrogen) atoms. The number of imidazole rings is 1. The third-order valence-electron chi connectivity index (χ3n) is 6.27. The lowest BCUT2D eigenvalue weighted by molar-refractivity contribution is -0.290. The largest absolute Gasteiger partial charge is 0.481 e. The van der Waals surface area contributed by atoms with Crippen LogP contribution in [0.4, 0.5) is 10.2 Å². The van der Waals surface area contributed by atoms with E-state index in [0.29, 0.717) is 0 Å². The van der Waals surface area contributed by atoms with Crippen LogP contribution in [-0.2, 0) is 48.7 Å². The average molecular weight is 696 g/mol. The van der Waals surface area contributed by atoms with Gasteiger partial charge in [-0.05, 0) is 18.5 Å². The number of esters is 1. The molecule has 2 saturated heterocycles. The minimum atomic E-state index is -5.58. The van der Waals surface area contributed by atoms with Crippen molar-refractivity contribution in [2.75, 3.05) is 20.3 Å². The van der Waals surface area contributed by atoms with E-state index in [1.54, 1.807) is 0 Å². The van der Waals surface area contributed by atoms with Crippen molar-refractivity contribution in [3.8, 4) is 0 Å². The second-order valence-corrected chi connectivity index (χ2v) is 13.7. The van der Waals surface area contributed by atoms with Crippen LogP contribution in [0.3, 0.4) is 0 Å². The maximum Gasteiger partial charge on any atom is 0.481 e. The quantitative estimate of drug-likeness (QED) is 0.0449. The number of aromatic nitrogens is 2. The van der Waals surface area contributed by atoms with Gasteiger partial charge in [0.15, 0.2) is 24.3 Å². The van der Waals surface area contributed by atoms with Crippen LogP contribution in [0, 0.1) is 0 Å². The molecule has 1 aromatic rings. The zero-order chi connectivity index (χ0) is 33.1. The van der Waals surface area contributed by atoms with Crippen LogP contribution in [-0.4, -0.2) is 139 Å². The molecule has 7 unspecified atom stereocenters. The Hall–Kier alpha value is -1.85. The number of rotatable bonds is 13. The lowest BCUT2D eigenvalue weighted by Crippen LogP contribution is -2.61. The molecule has 0 saturated carbocycles. The van der Waals surface area contributed by atoms with E-state index >= 15 is 0 Å². The number of halogens is 1. The molecule has 0 radical (unpaired) electrons. The topological polar surface area (TPSA) is 300 Å². The molecule has 9 N–H and O–H groups in total. The third-order valence-corrected chi connectivity index (χ3v) is 9.79. The number of nitrogens with zero attached hydrogens (tertiary/aromatic N) is 4. The van der Waals surface area contributed by atoms with E-state index in [-0.39, 0.29) is 17.3 Å². The summed E-state index contributed by atoms with van der Waals surface area (Å²) in [4.78, 5) is 43.8. The van der Waals surface area contributed by atoms with Gasteiger partial charge in [-0.15, -0.1) is 0 Å². The highest BCUT2D eigenvalue weighted by atomic mass is 32.5. The van der Waals surface area contributed by atoms with Crippen molar-refractivity contribution in [2.24, 2.45) is 15.7 Å². The van der Waals surface area contributed by atoms with Crippen molar-refractivity contribution in [1.29, 1.82) is 0 Å². The van der Waals surface area contributed by atoms with Gasteiger partial charge in [-0.3, -0.25) is 18.9 Å². The molecule has 2 aliphatic heterocycles. The highest BCUT2D eigenvalue weighted by molar-refractivity contribution is 8.08. The summed E-state index contributed by atoms with van der Waals surface area (Å²) in [6.45, 7) is -2.49. The summed E-state index contributed by atoms with van der Waals surface area (Å²) in [6.07, 6.45) is -17.7. The Balaban J connectivity index is 1.70. The smallest absolute Gasteiger partial charge is 0.454 e. The Morgan fingerprint density at radius 1 is 1.25 bits per heavy atom. The second kappa shape index (κ2) is 14.7. The number of aliphatic hydroxyl groups excluding tert-OH is 5. The van der Waals surface area contributed by atoms with Gasteiger partial charge in [0.2, 0.25) is 6.29 Å². The van der Waals surface area contributed by atoms with Crippen LogP contribution in [0.25, 0.3) is 0 Å². The van der Waals surface area contributed by atoms with Crippen LogP contribution in [0.15, 0.2) is 16.3 Å². The summed E-state index contributed by atoms with van der Waals surface area (Å²) in [7, 11) is -4.17. The first-order valence-corrected chi connectivity index (χ1v) is 16.5. The number of aliphatic imine (C=N–C) groups is 2. The van der Waals surface area contributed by atoms with Crippen molar-refractivity contribution >= 4 is 50.7 Å². The van der Waals surface area contributed by atoms with Crippen LogP contribution in [0.5, 0.6) is 0 Å². The number of ether oxygens (including phenoxy) is 3. The minimum Gasteiger partial charge on any atom is -0.454 e. The van der Waals surface area contributed by atoms with E-state index in [0.717, 1.165) is 6.92 Å². The van der Waals surface area contributed by atoms with Gasteiger partial charge < -0.3 is 59.8 Å². The van der Waals surface area contributed by atoms with E-state index in [2.05, 4.69) is 26.0 Å². The molecule has 12 atom stereocenters. The molecule has 0 bridgehead atoms. The SMILES string of the molecule is C=Nc1c(C(N)=NC)ncn1[C@@H]1O[C@H](COP(O)(=S)OP(=O)(O)O[C@@H]2OC([C@@H](F)CO)[C@@H](O)C(O)C2OC(C)=O)C(O)C1O. The predicted octanol–water partition coefficient (Wildman–Crippen LogP) is -2.75. The summed E-state index contributed by atoms with van der Waals surface area (Å²) in [5.74, 6) is -1.04. The molecule has 0 aliphatic carbocycles. The van der Waals surface area contributed by atoms with Crippen molar-refractivity contribution < 1.29 is 76.6 Å². The first-order valence-electron chi connectivity index (χ1n) is 12.4. The molecule has 0 aromatic carbocycles. The van der Waals surface area contributed by atoms with Gasteiger partial charge in [-0.1, -0.05) is 0 Å². The van der Waals surface area contributed by atoms with E-state index in [4.69, 9.17) is 45.9 Å². The lowest BCUT2D eigenvalue weighted by atomic mass is 9.96. The Labute approximate surface area is 253 Å². The summed E-state index contributed by atoms with van der Waals surface area (Å²) < 4.78 is 57.7. The van der Waals surface area contributed by atoms with Gasteiger partial charge in [0.25, 0.3) is 0 Å². The molecule has 20 nitrogen and oxygen atoms in total. The zero-order valence-electron chi connectivity index (χ0n) is 22.9. The van der Waals surface area contributed by atoms with Gasteiger partial charge >= 0.3 is 20.5 Å². The van der Waals surface area contributed by atoms with Crippen LogP contribution < -0.4 is 5.73 Å². The molecular formula is C20H32FN5O15P2S. The van der Waals surface area contributed by atoms with Crippen molar-refractivity contribution in [3.05, 3.63) is 12.0 Å². The summed E-state index contributed by atoms with van der Waals surface area (Å²) >= 11 is 4.73. The Kier molecular flexibility index (Phi) is 12.2. The highest BCUT2D eigenvalue weighted by Crippen LogP contribution is 2.62. The van der Waals surface area contributed by atoms with Gasteiger partial charge in [-0.2, -0.15) is 0 Å². The third kappa shape index (κ3) is 8.29. The number of aliphatic hydroxyl groups is 5. The maximum absolute atomic E-state index is 14.1. The molecule has 1 aromatic heterocycles. The summed E-state index contributed by atoms with van der Waals surface area (Å²) in [5.41, 5.74) is 5.88. The standard InChI is InChI=1S/C20H32FN5O15P2S/c1-7(28)37-16-13(31)12(30)15(8(21)4-27)39-20(16)40-42(33,34)41-43(35,44)36-5-9-11(29)14(32)19(38-9)26-6-25-10(17(22)23-2)18(26)24-3/h6,8-9,11-16,19-20,27,29-32H,3-5H2,1-2H3,(H2,22,23)(H,33,34)(H,35,44)/t8-,9+,11?,12-,13?,14?,15?,16?,19+,20-,43?/m0/s1. The lowest BCUT2D eigenvalue weighted by Gasteiger charge is -2.42. The van der Waals surface area contributed by atoms with E-state index in [1.807, 2.05) is 0 Å². The van der Waals surface area contributed by atoms with Gasteiger partial charge in [0, 0.05) is 14.0 Å². The highest BCUT2D eigenvalue weighted by Gasteiger charge is 2.53. The number of hydrogen-bond donors (Lipinski definition) is 8. The van der Waals surface area contributed by atoms with Crippen LogP contribution in [0.2, 0.25) is 0 Å². The van der Waals surface area contributed by atoms with Gasteiger partial charge in [-0.25, -0.2) is 23.2 Å². The monoisotopic (exact) mass is 695 g/mol. The maximum atomic E-state index is 14.1. The number of phosphoric ester groups is 1. The molecule has 2 aliphatic rings. The zero-order valence-corrected chi connectivity index (χ0v) is 25.5. The summed E-state index contributed by atoms with van der Waals surface area (Å²) in [6, 6.07) is 0. The Morgan fingerprint density at radius 2 is 1.91 bits per heavy atom. The minimum absolute atomic E-state index is 0.00948. The Bertz CT molecular complexity index is 1320. The van der Waals surface area contributed by atoms with Crippen LogP contribution in [0.1, 0.15) is 18.8 Å². The second-order valence-electron chi connectivity index (χ2n) is 9.28.